The number of hydrogen-bond donors (Lipinski definition) is 3. The van der Waals surface area contributed by atoms with Crippen LogP contribution < -0.4 is 15.4 Å². The Morgan fingerprint density at radius 2 is 1.65 bits per heavy atom. The summed E-state index contributed by atoms with van der Waals surface area (Å²) >= 11 is 0. The van der Waals surface area contributed by atoms with Gasteiger partial charge in [-0.05, 0) is 118 Å². The van der Waals surface area contributed by atoms with E-state index in [0.29, 0.717) is 18.0 Å². The molecule has 4 atom stereocenters. The average molecular weight is 481 g/mol. The first-order chi connectivity index (χ1) is 16.1. The Kier molecular flexibility index (Phi) is 5.05. The van der Waals surface area contributed by atoms with Crippen molar-refractivity contribution in [3.8, 4) is 0 Å². The number of benzene rings is 1. The van der Waals surface area contributed by atoms with Gasteiger partial charge in [-0.15, -0.1) is 0 Å². The van der Waals surface area contributed by atoms with Crippen molar-refractivity contribution in [3.63, 3.8) is 0 Å². The molecule has 4 unspecified atom stereocenters. The van der Waals surface area contributed by atoms with Crippen molar-refractivity contribution in [1.82, 2.24) is 9.71 Å². The normalized spacial score (nSPS) is 33.4. The first-order valence-electron chi connectivity index (χ1n) is 12.7. The molecule has 4 fully saturated rings. The number of aromatic nitrogens is 1. The molecule has 2 aromatic rings. The Labute approximate surface area is 203 Å². The summed E-state index contributed by atoms with van der Waals surface area (Å²) in [4.78, 5) is 4.39. The second kappa shape index (κ2) is 7.69. The summed E-state index contributed by atoms with van der Waals surface area (Å²) in [5.74, 6) is 3.41. The lowest BCUT2D eigenvalue weighted by Crippen LogP contribution is -2.42. The van der Waals surface area contributed by atoms with Gasteiger partial charge in [0.1, 0.15) is 0 Å². The van der Waals surface area contributed by atoms with Crippen LogP contribution in [0.15, 0.2) is 47.6 Å². The van der Waals surface area contributed by atoms with E-state index in [4.69, 9.17) is 0 Å². The van der Waals surface area contributed by atoms with Gasteiger partial charge in [-0.2, -0.15) is 0 Å². The minimum absolute atomic E-state index is 0.288. The molecule has 6 rings (SSSR count). The Morgan fingerprint density at radius 3 is 2.29 bits per heavy atom. The highest BCUT2D eigenvalue weighted by Gasteiger charge is 2.68. The highest BCUT2D eigenvalue weighted by atomic mass is 32.2. The predicted octanol–water partition coefficient (Wildman–Crippen LogP) is 5.01. The number of anilines is 2. The maximum Gasteiger partial charge on any atom is 0.241 e. The molecule has 0 aliphatic heterocycles. The SMILES string of the molecule is CC(C)(C)NS(=O)(=O)c1ccc(NC2C3CC4CC5CC2CC45C3)c(NCc2ccncc2)c1. The van der Waals surface area contributed by atoms with Gasteiger partial charge < -0.3 is 10.6 Å². The van der Waals surface area contributed by atoms with Crippen LogP contribution in [0.1, 0.15) is 58.4 Å². The molecule has 7 heteroatoms. The maximum absolute atomic E-state index is 13.1. The molecule has 0 radical (unpaired) electrons. The van der Waals surface area contributed by atoms with Crippen LogP contribution in [0.5, 0.6) is 0 Å². The van der Waals surface area contributed by atoms with Gasteiger partial charge >= 0.3 is 0 Å². The Bertz CT molecular complexity index is 1170. The second-order valence-electron chi connectivity index (χ2n) is 12.2. The summed E-state index contributed by atoms with van der Waals surface area (Å²) < 4.78 is 28.9. The van der Waals surface area contributed by atoms with Crippen LogP contribution >= 0.6 is 0 Å². The van der Waals surface area contributed by atoms with E-state index < -0.39 is 15.6 Å². The lowest BCUT2D eigenvalue weighted by atomic mass is 9.56. The van der Waals surface area contributed by atoms with Crippen LogP contribution in [0.2, 0.25) is 0 Å². The molecule has 3 bridgehead atoms. The molecular weight excluding hydrogens is 444 g/mol. The van der Waals surface area contributed by atoms with Crippen molar-refractivity contribution < 1.29 is 8.42 Å². The summed E-state index contributed by atoms with van der Waals surface area (Å²) in [6.45, 7) is 6.19. The van der Waals surface area contributed by atoms with Gasteiger partial charge in [0.05, 0.1) is 16.3 Å². The molecule has 4 aliphatic carbocycles. The first kappa shape index (κ1) is 22.4. The van der Waals surface area contributed by atoms with E-state index in [-0.39, 0.29) is 4.90 Å². The summed E-state index contributed by atoms with van der Waals surface area (Å²) in [7, 11) is -3.62. The largest absolute Gasteiger partial charge is 0.380 e. The molecule has 34 heavy (non-hydrogen) atoms. The second-order valence-corrected chi connectivity index (χ2v) is 13.9. The fourth-order valence-corrected chi connectivity index (χ4v) is 9.19. The van der Waals surface area contributed by atoms with E-state index >= 15 is 0 Å². The summed E-state index contributed by atoms with van der Waals surface area (Å²) in [6, 6.07) is 9.92. The molecule has 1 spiro atoms. The zero-order chi connectivity index (χ0) is 23.7. The number of sulfonamides is 1. The number of rotatable bonds is 7. The third-order valence-electron chi connectivity index (χ3n) is 8.97. The average Bonchev–Trinajstić information content (AvgIpc) is 3.15. The molecule has 6 nitrogen and oxygen atoms in total. The minimum Gasteiger partial charge on any atom is -0.380 e. The van der Waals surface area contributed by atoms with Gasteiger partial charge in [0.25, 0.3) is 0 Å². The van der Waals surface area contributed by atoms with E-state index in [9.17, 15) is 8.42 Å². The van der Waals surface area contributed by atoms with Crippen LogP contribution in [-0.4, -0.2) is 25.0 Å². The quantitative estimate of drug-likeness (QED) is 0.519. The zero-order valence-electron chi connectivity index (χ0n) is 20.3. The molecule has 4 aliphatic rings. The number of nitrogens with one attached hydrogen (secondary N) is 3. The fraction of sp³-hybridized carbons (Fsp3) is 0.593. The van der Waals surface area contributed by atoms with Crippen LogP contribution in [0.4, 0.5) is 11.4 Å². The monoisotopic (exact) mass is 480 g/mol. The Hall–Kier alpha value is -2.12. The number of hydrogen-bond acceptors (Lipinski definition) is 5. The van der Waals surface area contributed by atoms with E-state index in [1.807, 2.05) is 39.0 Å². The van der Waals surface area contributed by atoms with Crippen molar-refractivity contribution in [1.29, 1.82) is 0 Å². The number of pyridine rings is 1. The van der Waals surface area contributed by atoms with Crippen LogP contribution in [-0.2, 0) is 16.6 Å². The van der Waals surface area contributed by atoms with Gasteiger partial charge in [0, 0.05) is 30.5 Å². The number of nitrogens with zero attached hydrogens (tertiary/aromatic N) is 1. The van der Waals surface area contributed by atoms with Crippen LogP contribution in [0.3, 0.4) is 0 Å². The molecule has 0 amide bonds. The standard InChI is InChI=1S/C27H36N4O2S/c1-26(2,3)31-34(32,33)22-4-5-23(24(13-22)29-16-17-6-8-28-9-7-17)30-25-18-10-20-12-21-11-19(25)15-27(20,21)14-18/h4-9,13,18-21,25,29-31H,10-12,14-16H2,1-3H3. The van der Waals surface area contributed by atoms with Crippen molar-refractivity contribution in [2.45, 2.75) is 75.9 Å². The third kappa shape index (κ3) is 3.72. The predicted molar refractivity (Wildman–Crippen MR) is 135 cm³/mol. The van der Waals surface area contributed by atoms with Crippen LogP contribution in [0, 0.1) is 29.1 Å². The minimum atomic E-state index is -3.62. The molecule has 4 saturated carbocycles. The molecule has 1 aromatic carbocycles. The lowest BCUT2D eigenvalue weighted by Gasteiger charge is -2.49. The van der Waals surface area contributed by atoms with E-state index in [1.165, 1.54) is 32.1 Å². The van der Waals surface area contributed by atoms with Crippen molar-refractivity contribution in [2.75, 3.05) is 10.6 Å². The zero-order valence-corrected chi connectivity index (χ0v) is 21.2. The van der Waals surface area contributed by atoms with Crippen LogP contribution in [0.25, 0.3) is 0 Å². The van der Waals surface area contributed by atoms with Gasteiger partial charge in [-0.25, -0.2) is 13.1 Å². The summed E-state index contributed by atoms with van der Waals surface area (Å²) in [5.41, 5.74) is 3.10. The van der Waals surface area contributed by atoms with Gasteiger partial charge in [-0.3, -0.25) is 4.98 Å². The highest BCUT2D eigenvalue weighted by Crippen LogP contribution is 2.75. The Morgan fingerprint density at radius 1 is 0.971 bits per heavy atom. The number of fused-ring (bicyclic) bond motifs is 2. The topological polar surface area (TPSA) is 83.1 Å². The lowest BCUT2D eigenvalue weighted by molar-refractivity contribution is 0.000288. The fourth-order valence-electron chi connectivity index (χ4n) is 7.74. The maximum atomic E-state index is 13.1. The van der Waals surface area contributed by atoms with Gasteiger partial charge in [0.2, 0.25) is 10.0 Å². The first-order valence-corrected chi connectivity index (χ1v) is 14.2. The van der Waals surface area contributed by atoms with Crippen molar-refractivity contribution in [2.24, 2.45) is 29.1 Å². The smallest absolute Gasteiger partial charge is 0.241 e. The molecule has 0 saturated heterocycles. The highest BCUT2D eigenvalue weighted by molar-refractivity contribution is 7.89. The summed E-state index contributed by atoms with van der Waals surface area (Å²) in [5, 5.41) is 7.43. The molecule has 1 heterocycles. The van der Waals surface area contributed by atoms with E-state index in [1.54, 1.807) is 24.5 Å². The van der Waals surface area contributed by atoms with E-state index in [2.05, 4.69) is 20.3 Å². The summed E-state index contributed by atoms with van der Waals surface area (Å²) in [6.07, 6.45) is 10.5. The van der Waals surface area contributed by atoms with Gasteiger partial charge in [0.15, 0.2) is 0 Å². The molecular formula is C27H36N4O2S. The third-order valence-corrected chi connectivity index (χ3v) is 10.7. The molecule has 3 N–H and O–H groups in total. The van der Waals surface area contributed by atoms with E-state index in [0.717, 1.165) is 40.6 Å². The van der Waals surface area contributed by atoms with Gasteiger partial charge in [-0.1, -0.05) is 0 Å². The molecule has 1 aromatic heterocycles. The van der Waals surface area contributed by atoms with Crippen molar-refractivity contribution >= 4 is 21.4 Å². The van der Waals surface area contributed by atoms with Crippen molar-refractivity contribution in [3.05, 3.63) is 48.3 Å². The molecule has 182 valence electrons. The Balaban J connectivity index is 1.29.